The molecule has 0 spiro atoms. The van der Waals surface area contributed by atoms with Crippen molar-refractivity contribution in [2.75, 3.05) is 6.54 Å². The molecule has 1 fully saturated rings. The zero-order valence-corrected chi connectivity index (χ0v) is 35.8. The first kappa shape index (κ1) is 40.1. The number of allylic oxidation sites excluding steroid dienone is 25. The summed E-state index contributed by atoms with van der Waals surface area (Å²) in [6.45, 7) is 7.84. The third-order valence-corrected chi connectivity index (χ3v) is 14.9. The van der Waals surface area contributed by atoms with Crippen molar-refractivity contribution in [1.29, 1.82) is 0 Å². The van der Waals surface area contributed by atoms with E-state index in [1.165, 1.54) is 106 Å². The number of rotatable bonds is 11. The van der Waals surface area contributed by atoms with Gasteiger partial charge in [-0.25, -0.2) is 0 Å². The number of hydrogen-bond acceptors (Lipinski definition) is 1. The fourth-order valence-corrected chi connectivity index (χ4v) is 11.8. The van der Waals surface area contributed by atoms with Crippen molar-refractivity contribution in [3.8, 4) is 0 Å². The fraction of sp³-hybridized carbons (Fsp3) is 0.500. The highest BCUT2D eigenvalue weighted by molar-refractivity contribution is 5.60. The zero-order valence-electron chi connectivity index (χ0n) is 35.8. The van der Waals surface area contributed by atoms with Gasteiger partial charge in [-0.1, -0.05) is 135 Å². The van der Waals surface area contributed by atoms with Crippen molar-refractivity contribution < 1.29 is 0 Å². The summed E-state index contributed by atoms with van der Waals surface area (Å²) in [6.07, 6.45) is 62.8. The van der Waals surface area contributed by atoms with Gasteiger partial charge in [0.25, 0.3) is 0 Å². The van der Waals surface area contributed by atoms with Crippen molar-refractivity contribution >= 4 is 0 Å². The van der Waals surface area contributed by atoms with Crippen LogP contribution in [-0.2, 0) is 0 Å². The van der Waals surface area contributed by atoms with E-state index in [1.54, 1.807) is 44.6 Å². The van der Waals surface area contributed by atoms with Crippen LogP contribution in [0.15, 0.2) is 164 Å². The second kappa shape index (κ2) is 19.4. The minimum atomic E-state index is 0.493. The molecule has 0 aliphatic heterocycles. The van der Waals surface area contributed by atoms with Crippen LogP contribution in [0.25, 0.3) is 0 Å². The normalized spacial score (nSPS) is 31.0. The van der Waals surface area contributed by atoms with E-state index in [0.29, 0.717) is 17.9 Å². The Labute approximate surface area is 347 Å². The molecule has 0 saturated heterocycles. The van der Waals surface area contributed by atoms with Gasteiger partial charge in [0.1, 0.15) is 0 Å². The highest BCUT2D eigenvalue weighted by Gasteiger charge is 2.34. The Morgan fingerprint density at radius 2 is 1.60 bits per heavy atom. The summed E-state index contributed by atoms with van der Waals surface area (Å²) in [6, 6.07) is 0.493. The molecule has 8 aliphatic carbocycles. The van der Waals surface area contributed by atoms with E-state index in [9.17, 15) is 0 Å². The van der Waals surface area contributed by atoms with Crippen molar-refractivity contribution in [3.05, 3.63) is 164 Å². The Hall–Kier alpha value is -3.68. The molecule has 300 valence electrons. The van der Waals surface area contributed by atoms with Gasteiger partial charge in [-0.05, 0) is 184 Å². The first-order valence-corrected chi connectivity index (χ1v) is 23.5. The molecule has 0 radical (unpaired) electrons. The van der Waals surface area contributed by atoms with Gasteiger partial charge in [0.05, 0.1) is 0 Å². The lowest BCUT2D eigenvalue weighted by atomic mass is 9.70. The molecular weight excluding hydrogens is 687 g/mol. The second-order valence-corrected chi connectivity index (χ2v) is 18.3. The standard InChI is InChI=1S/C56H71N/c1-4-6-18-42(17-5-2)43-31-35-47(36-32-43)55(39-57-56-28-16-22-45-21-10-11-24-51(45)56)52-25-13-12-23-48(52)40(3)41-29-33-46(34-30-41)50-38-37-49(44-19-8-7-9-20-44)53-26-14-15-27-54(50)53/h4,6,8,12,14,16,18-19,23,26,28-29,31,33,35,37,44-45,50-51,56-57H,5,7,9-11,13,15,17,20-22,24-25,27,30,32,34,36,38-39H2,1-3H3/b6-4-,42-18+,48-40+,55-52+/t44-,45?,50-,51+,56?/m0/s1. The lowest BCUT2D eigenvalue weighted by Gasteiger charge is -2.39. The molecule has 0 aromatic heterocycles. The van der Waals surface area contributed by atoms with Gasteiger partial charge in [0.2, 0.25) is 0 Å². The SMILES string of the molecule is C/C=C\C=C(/CCC)C1=CC=C(/C(CNC2C=CCC3CCCC[C@H]32)=C2\CCC=C\C2=C(\C)C2=CC=C([C@@H]3CC=C([C@H]4C=CCCC4)C4=C3CCC=C4)CC2)CC1. The van der Waals surface area contributed by atoms with Crippen molar-refractivity contribution in [1.82, 2.24) is 5.32 Å². The minimum Gasteiger partial charge on any atom is -0.306 e. The van der Waals surface area contributed by atoms with Gasteiger partial charge in [0, 0.05) is 24.4 Å². The first-order chi connectivity index (χ1) is 28.1. The van der Waals surface area contributed by atoms with Crippen LogP contribution in [0.5, 0.6) is 0 Å². The Morgan fingerprint density at radius 3 is 2.40 bits per heavy atom. The van der Waals surface area contributed by atoms with Gasteiger partial charge in [-0.3, -0.25) is 0 Å². The molecule has 57 heavy (non-hydrogen) atoms. The van der Waals surface area contributed by atoms with E-state index >= 15 is 0 Å². The average Bonchev–Trinajstić information content (AvgIpc) is 3.28. The zero-order chi connectivity index (χ0) is 39.0. The third kappa shape index (κ3) is 9.15. The quantitative estimate of drug-likeness (QED) is 0.163. The average molecular weight is 758 g/mol. The summed E-state index contributed by atoms with van der Waals surface area (Å²) in [4.78, 5) is 0. The second-order valence-electron chi connectivity index (χ2n) is 18.3. The Balaban J connectivity index is 1.11. The van der Waals surface area contributed by atoms with E-state index in [2.05, 4.69) is 123 Å². The topological polar surface area (TPSA) is 12.0 Å². The van der Waals surface area contributed by atoms with Crippen LogP contribution in [0.3, 0.4) is 0 Å². The number of nitrogens with one attached hydrogen (secondary N) is 1. The molecule has 5 atom stereocenters. The van der Waals surface area contributed by atoms with Crippen LogP contribution in [0.2, 0.25) is 0 Å². The highest BCUT2D eigenvalue weighted by Crippen LogP contribution is 2.47. The molecule has 8 aliphatic rings. The van der Waals surface area contributed by atoms with E-state index in [1.807, 2.05) is 0 Å². The molecule has 8 rings (SSSR count). The molecule has 0 aromatic carbocycles. The number of hydrogen-bond donors (Lipinski definition) is 1. The summed E-state index contributed by atoms with van der Waals surface area (Å²) in [5, 5.41) is 4.21. The van der Waals surface area contributed by atoms with Crippen molar-refractivity contribution in [3.63, 3.8) is 0 Å². The lowest BCUT2D eigenvalue weighted by molar-refractivity contribution is 0.194. The maximum atomic E-state index is 4.21. The van der Waals surface area contributed by atoms with Crippen LogP contribution in [0, 0.1) is 23.7 Å². The van der Waals surface area contributed by atoms with E-state index in [4.69, 9.17) is 0 Å². The molecule has 0 bridgehead atoms. The molecule has 1 N–H and O–H groups in total. The van der Waals surface area contributed by atoms with Crippen molar-refractivity contribution in [2.45, 2.75) is 149 Å². The van der Waals surface area contributed by atoms with Crippen LogP contribution in [0.1, 0.15) is 143 Å². The minimum absolute atomic E-state index is 0.493. The summed E-state index contributed by atoms with van der Waals surface area (Å²) >= 11 is 0. The van der Waals surface area contributed by atoms with E-state index < -0.39 is 0 Å². The molecule has 1 saturated carbocycles. The summed E-state index contributed by atoms with van der Waals surface area (Å²) in [7, 11) is 0. The van der Waals surface area contributed by atoms with Crippen LogP contribution in [-0.4, -0.2) is 12.6 Å². The smallest absolute Gasteiger partial charge is 0.0284 e. The monoisotopic (exact) mass is 758 g/mol. The summed E-state index contributed by atoms with van der Waals surface area (Å²) < 4.78 is 0. The van der Waals surface area contributed by atoms with Crippen LogP contribution < -0.4 is 5.32 Å². The van der Waals surface area contributed by atoms with Crippen LogP contribution in [0.4, 0.5) is 0 Å². The molecule has 0 heterocycles. The maximum absolute atomic E-state index is 4.21. The van der Waals surface area contributed by atoms with Crippen LogP contribution >= 0.6 is 0 Å². The highest BCUT2D eigenvalue weighted by atomic mass is 14.9. The third-order valence-electron chi connectivity index (χ3n) is 14.9. The Bertz CT molecular complexity index is 1960. The fourth-order valence-electron chi connectivity index (χ4n) is 11.8. The molecular formula is C56H71N. The largest absolute Gasteiger partial charge is 0.306 e. The van der Waals surface area contributed by atoms with E-state index in [-0.39, 0.29) is 0 Å². The first-order valence-electron chi connectivity index (χ1n) is 23.5. The van der Waals surface area contributed by atoms with Gasteiger partial charge in [-0.2, -0.15) is 0 Å². The molecule has 2 unspecified atom stereocenters. The molecule has 1 nitrogen and oxygen atoms in total. The molecule has 0 aromatic rings. The van der Waals surface area contributed by atoms with Gasteiger partial charge < -0.3 is 5.32 Å². The Kier molecular flexibility index (Phi) is 13.6. The molecule has 0 amide bonds. The van der Waals surface area contributed by atoms with Gasteiger partial charge >= 0.3 is 0 Å². The number of fused-ring (bicyclic) bond motifs is 1. The summed E-state index contributed by atoms with van der Waals surface area (Å²) in [5.41, 5.74) is 18.9. The van der Waals surface area contributed by atoms with Gasteiger partial charge in [0.15, 0.2) is 0 Å². The predicted octanol–water partition coefficient (Wildman–Crippen LogP) is 15.2. The lowest BCUT2D eigenvalue weighted by Crippen LogP contribution is -2.42. The maximum Gasteiger partial charge on any atom is 0.0284 e. The van der Waals surface area contributed by atoms with E-state index in [0.717, 1.165) is 56.9 Å². The van der Waals surface area contributed by atoms with Gasteiger partial charge in [-0.15, -0.1) is 0 Å². The van der Waals surface area contributed by atoms with Crippen molar-refractivity contribution in [2.24, 2.45) is 23.7 Å². The Morgan fingerprint density at radius 1 is 0.772 bits per heavy atom. The molecule has 1 heteroatoms. The predicted molar refractivity (Wildman–Crippen MR) is 246 cm³/mol. The summed E-state index contributed by atoms with van der Waals surface area (Å²) in [5.74, 6) is 2.85.